The third-order valence-corrected chi connectivity index (χ3v) is 1.58. The van der Waals surface area contributed by atoms with Crippen LogP contribution in [0.15, 0.2) is 12.1 Å². The number of benzene rings is 1. The Morgan fingerprint density at radius 2 is 2.15 bits per heavy atom. The van der Waals surface area contributed by atoms with Crippen LogP contribution in [0.5, 0.6) is 5.75 Å². The summed E-state index contributed by atoms with van der Waals surface area (Å²) in [5.74, 6) is -1.64. The fourth-order valence-corrected chi connectivity index (χ4v) is 0.842. The van der Waals surface area contributed by atoms with Crippen molar-refractivity contribution in [3.8, 4) is 5.75 Å². The molecule has 0 spiro atoms. The summed E-state index contributed by atoms with van der Waals surface area (Å²) in [6.07, 6.45) is 1.90. The van der Waals surface area contributed by atoms with Gasteiger partial charge < -0.3 is 4.74 Å². The number of halogens is 2. The fourth-order valence-electron chi connectivity index (χ4n) is 0.842. The highest BCUT2D eigenvalue weighted by atomic mass is 19.2. The van der Waals surface area contributed by atoms with Crippen LogP contribution in [0.1, 0.15) is 19.8 Å². The van der Waals surface area contributed by atoms with E-state index in [9.17, 15) is 8.78 Å². The van der Waals surface area contributed by atoms with E-state index in [0.29, 0.717) is 6.61 Å². The topological polar surface area (TPSA) is 9.23 Å². The lowest BCUT2D eigenvalue weighted by Crippen LogP contribution is -1.97. The minimum atomic E-state index is -0.992. The Kier molecular flexibility index (Phi) is 3.68. The van der Waals surface area contributed by atoms with Gasteiger partial charge in [-0.3, -0.25) is 0 Å². The molecule has 0 aliphatic rings. The Labute approximate surface area is 76.3 Å². The SMILES string of the molecule is CCCCOc1[c]c(F)c(F)cc1. The molecule has 0 atom stereocenters. The molecule has 0 bridgehead atoms. The van der Waals surface area contributed by atoms with E-state index in [-0.39, 0.29) is 5.75 Å². The molecule has 1 aromatic carbocycles. The van der Waals surface area contributed by atoms with Gasteiger partial charge in [-0.25, -0.2) is 8.78 Å². The van der Waals surface area contributed by atoms with Gasteiger partial charge in [0.15, 0.2) is 11.6 Å². The molecular formula is C10H11F2O. The van der Waals surface area contributed by atoms with Crippen molar-refractivity contribution in [2.45, 2.75) is 19.8 Å². The third kappa shape index (κ3) is 3.01. The second-order valence-electron chi connectivity index (χ2n) is 2.69. The molecule has 0 aliphatic carbocycles. The van der Waals surface area contributed by atoms with Gasteiger partial charge in [0.2, 0.25) is 0 Å². The highest BCUT2D eigenvalue weighted by Crippen LogP contribution is 2.14. The van der Waals surface area contributed by atoms with Crippen molar-refractivity contribution < 1.29 is 13.5 Å². The Hall–Kier alpha value is -1.12. The van der Waals surface area contributed by atoms with Crippen molar-refractivity contribution in [3.63, 3.8) is 0 Å². The standard InChI is InChI=1S/C10H11F2O/c1-2-3-6-13-8-4-5-9(11)10(12)7-8/h4-5H,2-3,6H2,1H3. The van der Waals surface area contributed by atoms with Gasteiger partial charge in [-0.1, -0.05) is 13.3 Å². The van der Waals surface area contributed by atoms with Crippen LogP contribution in [0, 0.1) is 17.7 Å². The summed E-state index contributed by atoms with van der Waals surface area (Å²) in [6, 6.07) is 4.57. The van der Waals surface area contributed by atoms with Crippen LogP contribution in [0.25, 0.3) is 0 Å². The van der Waals surface area contributed by atoms with Gasteiger partial charge in [-0.15, -0.1) is 0 Å². The monoisotopic (exact) mass is 185 g/mol. The van der Waals surface area contributed by atoms with Gasteiger partial charge in [0.1, 0.15) is 5.75 Å². The molecule has 0 aromatic heterocycles. The number of ether oxygens (including phenoxy) is 1. The molecule has 0 saturated carbocycles. The van der Waals surface area contributed by atoms with Gasteiger partial charge in [-0.2, -0.15) is 0 Å². The van der Waals surface area contributed by atoms with E-state index < -0.39 is 11.6 Å². The molecule has 1 nitrogen and oxygen atoms in total. The van der Waals surface area contributed by atoms with Crippen LogP contribution < -0.4 is 4.74 Å². The number of hydrogen-bond donors (Lipinski definition) is 0. The van der Waals surface area contributed by atoms with E-state index in [1.807, 2.05) is 6.92 Å². The summed E-state index contributed by atoms with van der Waals surface area (Å²) >= 11 is 0. The average Bonchev–Trinajstić information content (AvgIpc) is 2.12. The van der Waals surface area contributed by atoms with Gasteiger partial charge in [0.05, 0.1) is 12.7 Å². The lowest BCUT2D eigenvalue weighted by atomic mass is 10.3. The first kappa shape index (κ1) is 9.96. The van der Waals surface area contributed by atoms with Crippen molar-refractivity contribution in [2.75, 3.05) is 6.61 Å². The maximum atomic E-state index is 12.6. The molecule has 1 aromatic rings. The van der Waals surface area contributed by atoms with E-state index in [0.717, 1.165) is 18.9 Å². The largest absolute Gasteiger partial charge is 0.493 e. The van der Waals surface area contributed by atoms with Gasteiger partial charge >= 0.3 is 0 Å². The summed E-state index contributed by atoms with van der Waals surface area (Å²) in [5.41, 5.74) is 0. The molecule has 13 heavy (non-hydrogen) atoms. The summed E-state index contributed by atoms with van der Waals surface area (Å²) in [6.45, 7) is 2.54. The van der Waals surface area contributed by atoms with E-state index in [1.165, 1.54) is 6.07 Å². The Bertz CT molecular complexity index is 274. The second kappa shape index (κ2) is 4.80. The minimum Gasteiger partial charge on any atom is -0.493 e. The molecule has 0 aliphatic heterocycles. The number of hydrogen-bond acceptors (Lipinski definition) is 1. The van der Waals surface area contributed by atoms with Gasteiger partial charge in [-0.05, 0) is 18.6 Å². The summed E-state index contributed by atoms with van der Waals surface area (Å²) in [4.78, 5) is 0. The van der Waals surface area contributed by atoms with E-state index in [1.54, 1.807) is 0 Å². The molecule has 1 rings (SSSR count). The van der Waals surface area contributed by atoms with Crippen molar-refractivity contribution in [1.29, 1.82) is 0 Å². The van der Waals surface area contributed by atoms with E-state index in [2.05, 4.69) is 6.07 Å². The smallest absolute Gasteiger partial charge is 0.170 e. The van der Waals surface area contributed by atoms with Crippen LogP contribution in [-0.2, 0) is 0 Å². The van der Waals surface area contributed by atoms with Crippen LogP contribution in [0.4, 0.5) is 8.78 Å². The number of rotatable bonds is 4. The first-order valence-corrected chi connectivity index (χ1v) is 4.24. The van der Waals surface area contributed by atoms with Crippen LogP contribution in [-0.4, -0.2) is 6.61 Å². The zero-order valence-electron chi connectivity index (χ0n) is 7.44. The van der Waals surface area contributed by atoms with Crippen molar-refractivity contribution in [1.82, 2.24) is 0 Å². The third-order valence-electron chi connectivity index (χ3n) is 1.58. The normalized spacial score (nSPS) is 10.1. The summed E-state index contributed by atoms with van der Waals surface area (Å²) in [5, 5.41) is 0. The van der Waals surface area contributed by atoms with Crippen molar-refractivity contribution in [2.24, 2.45) is 0 Å². The minimum absolute atomic E-state index is 0.257. The van der Waals surface area contributed by atoms with Gasteiger partial charge in [0, 0.05) is 0 Å². The Balaban J connectivity index is 2.53. The fraction of sp³-hybridized carbons (Fsp3) is 0.400. The van der Waals surface area contributed by atoms with Crippen LogP contribution >= 0.6 is 0 Å². The Morgan fingerprint density at radius 1 is 1.38 bits per heavy atom. The lowest BCUT2D eigenvalue weighted by Gasteiger charge is -2.04. The van der Waals surface area contributed by atoms with Crippen LogP contribution in [0.3, 0.4) is 0 Å². The molecule has 3 heteroatoms. The van der Waals surface area contributed by atoms with Crippen molar-refractivity contribution in [3.05, 3.63) is 29.8 Å². The summed E-state index contributed by atoms with van der Waals surface area (Å²) in [7, 11) is 0. The highest BCUT2D eigenvalue weighted by Gasteiger charge is 2.03. The quantitative estimate of drug-likeness (QED) is 0.655. The molecule has 0 heterocycles. The molecule has 0 amide bonds. The maximum Gasteiger partial charge on any atom is 0.170 e. The summed E-state index contributed by atoms with van der Waals surface area (Å²) < 4.78 is 30.1. The van der Waals surface area contributed by atoms with E-state index in [4.69, 9.17) is 4.74 Å². The zero-order valence-corrected chi connectivity index (χ0v) is 7.44. The molecule has 0 unspecified atom stereocenters. The number of unbranched alkanes of at least 4 members (excludes halogenated alkanes) is 1. The molecule has 0 N–H and O–H groups in total. The van der Waals surface area contributed by atoms with Crippen LogP contribution in [0.2, 0.25) is 0 Å². The first-order valence-electron chi connectivity index (χ1n) is 4.24. The average molecular weight is 185 g/mol. The molecule has 1 radical (unpaired) electrons. The molecule has 0 fully saturated rings. The van der Waals surface area contributed by atoms with Gasteiger partial charge in [0.25, 0.3) is 0 Å². The Morgan fingerprint density at radius 3 is 2.77 bits per heavy atom. The van der Waals surface area contributed by atoms with Crippen molar-refractivity contribution >= 4 is 0 Å². The second-order valence-corrected chi connectivity index (χ2v) is 2.69. The molecule has 71 valence electrons. The predicted molar refractivity (Wildman–Crippen MR) is 45.6 cm³/mol. The predicted octanol–water partition coefficient (Wildman–Crippen LogP) is 2.94. The lowest BCUT2D eigenvalue weighted by molar-refractivity contribution is 0.305. The molecule has 0 saturated heterocycles. The zero-order chi connectivity index (χ0) is 9.68. The molecular weight excluding hydrogens is 174 g/mol. The highest BCUT2D eigenvalue weighted by molar-refractivity contribution is 5.21. The maximum absolute atomic E-state index is 12.6. The van der Waals surface area contributed by atoms with E-state index >= 15 is 0 Å². The first-order chi connectivity index (χ1) is 6.24.